The summed E-state index contributed by atoms with van der Waals surface area (Å²) in [6, 6.07) is 11.5. The van der Waals surface area contributed by atoms with Crippen LogP contribution in [0.25, 0.3) is 0 Å². The lowest BCUT2D eigenvalue weighted by atomic mass is 10.1. The number of benzene rings is 2. The zero-order chi connectivity index (χ0) is 13.1. The molecule has 0 unspecified atom stereocenters. The van der Waals surface area contributed by atoms with Gasteiger partial charge in [0.1, 0.15) is 5.82 Å². The first-order chi connectivity index (χ1) is 8.56. The van der Waals surface area contributed by atoms with Crippen molar-refractivity contribution in [2.75, 3.05) is 5.32 Å². The van der Waals surface area contributed by atoms with Gasteiger partial charge in [0.05, 0.1) is 0 Å². The maximum Gasteiger partial charge on any atom is 0.126 e. The molecule has 0 fully saturated rings. The van der Waals surface area contributed by atoms with Crippen LogP contribution in [0.2, 0.25) is 0 Å². The van der Waals surface area contributed by atoms with E-state index in [1.165, 1.54) is 17.2 Å². The monoisotopic (exact) mass is 243 g/mol. The summed E-state index contributed by atoms with van der Waals surface area (Å²) in [4.78, 5) is 0. The van der Waals surface area contributed by atoms with Gasteiger partial charge in [0, 0.05) is 12.2 Å². The number of halogens is 1. The molecule has 2 heteroatoms. The van der Waals surface area contributed by atoms with Crippen molar-refractivity contribution in [3.05, 3.63) is 64.5 Å². The highest BCUT2D eigenvalue weighted by Crippen LogP contribution is 2.16. The summed E-state index contributed by atoms with van der Waals surface area (Å²) in [6.07, 6.45) is 0. The summed E-state index contributed by atoms with van der Waals surface area (Å²) in [6.45, 7) is 6.70. The van der Waals surface area contributed by atoms with Crippen LogP contribution in [0.1, 0.15) is 22.3 Å². The molecule has 0 aliphatic heterocycles. The molecule has 2 rings (SSSR count). The van der Waals surface area contributed by atoms with Gasteiger partial charge in [-0.25, -0.2) is 4.39 Å². The topological polar surface area (TPSA) is 12.0 Å². The number of aryl methyl sites for hydroxylation is 3. The number of anilines is 1. The minimum atomic E-state index is -0.148. The predicted molar refractivity (Wildman–Crippen MR) is 74.4 cm³/mol. The molecule has 0 spiro atoms. The standard InChI is InChI=1S/C16H18FN/c1-11-4-6-15(9-12(11)2)18-10-14-5-7-16(17)13(3)8-14/h4-9,18H,10H2,1-3H3. The van der Waals surface area contributed by atoms with Gasteiger partial charge in [0.15, 0.2) is 0 Å². The Hall–Kier alpha value is -1.83. The number of hydrogen-bond acceptors (Lipinski definition) is 1. The fourth-order valence-electron chi connectivity index (χ4n) is 1.87. The lowest BCUT2D eigenvalue weighted by Gasteiger charge is -2.09. The molecule has 0 bridgehead atoms. The van der Waals surface area contributed by atoms with Gasteiger partial charge >= 0.3 is 0 Å². The summed E-state index contributed by atoms with van der Waals surface area (Å²) in [5.74, 6) is -0.148. The van der Waals surface area contributed by atoms with E-state index in [1.807, 2.05) is 12.1 Å². The minimum Gasteiger partial charge on any atom is -0.381 e. The van der Waals surface area contributed by atoms with E-state index < -0.39 is 0 Å². The largest absolute Gasteiger partial charge is 0.381 e. The Kier molecular flexibility index (Phi) is 3.66. The molecule has 0 amide bonds. The average Bonchev–Trinajstić information content (AvgIpc) is 2.35. The Morgan fingerprint density at radius 2 is 1.67 bits per heavy atom. The van der Waals surface area contributed by atoms with Gasteiger partial charge in [-0.3, -0.25) is 0 Å². The van der Waals surface area contributed by atoms with E-state index in [0.717, 1.165) is 11.3 Å². The van der Waals surface area contributed by atoms with Crippen molar-refractivity contribution in [3.63, 3.8) is 0 Å². The van der Waals surface area contributed by atoms with E-state index in [2.05, 4.69) is 37.4 Å². The molecule has 0 aliphatic carbocycles. The zero-order valence-corrected chi connectivity index (χ0v) is 11.0. The minimum absolute atomic E-state index is 0.148. The zero-order valence-electron chi connectivity index (χ0n) is 11.0. The van der Waals surface area contributed by atoms with Crippen molar-refractivity contribution in [2.45, 2.75) is 27.3 Å². The summed E-state index contributed by atoms with van der Waals surface area (Å²) in [5.41, 5.74) is 5.44. The Morgan fingerprint density at radius 1 is 0.889 bits per heavy atom. The number of rotatable bonds is 3. The number of nitrogens with one attached hydrogen (secondary N) is 1. The molecule has 0 saturated carbocycles. The molecule has 18 heavy (non-hydrogen) atoms. The average molecular weight is 243 g/mol. The van der Waals surface area contributed by atoms with Crippen molar-refractivity contribution < 1.29 is 4.39 Å². The fraction of sp³-hybridized carbons (Fsp3) is 0.250. The second kappa shape index (κ2) is 5.21. The molecule has 0 heterocycles. The van der Waals surface area contributed by atoms with Crippen LogP contribution in [0.5, 0.6) is 0 Å². The predicted octanol–water partition coefficient (Wildman–Crippen LogP) is 4.36. The second-order valence-electron chi connectivity index (χ2n) is 4.74. The van der Waals surface area contributed by atoms with Gasteiger partial charge in [-0.05, 0) is 61.2 Å². The van der Waals surface area contributed by atoms with Crippen LogP contribution in [-0.4, -0.2) is 0 Å². The smallest absolute Gasteiger partial charge is 0.126 e. The van der Waals surface area contributed by atoms with Crippen molar-refractivity contribution in [1.29, 1.82) is 0 Å². The third-order valence-electron chi connectivity index (χ3n) is 3.23. The van der Waals surface area contributed by atoms with Gasteiger partial charge in [0.25, 0.3) is 0 Å². The molecule has 0 radical (unpaired) electrons. The molecule has 94 valence electrons. The Balaban J connectivity index is 2.06. The van der Waals surface area contributed by atoms with Crippen LogP contribution in [-0.2, 0) is 6.54 Å². The van der Waals surface area contributed by atoms with Crippen LogP contribution in [0.4, 0.5) is 10.1 Å². The van der Waals surface area contributed by atoms with Crippen molar-refractivity contribution in [3.8, 4) is 0 Å². The second-order valence-corrected chi connectivity index (χ2v) is 4.74. The quantitative estimate of drug-likeness (QED) is 0.844. The van der Waals surface area contributed by atoms with Gasteiger partial charge in [-0.1, -0.05) is 18.2 Å². The van der Waals surface area contributed by atoms with E-state index in [0.29, 0.717) is 12.1 Å². The Bertz CT molecular complexity index is 510. The summed E-state index contributed by atoms with van der Waals surface area (Å²) >= 11 is 0. The molecular formula is C16H18FN. The van der Waals surface area contributed by atoms with Crippen molar-refractivity contribution in [1.82, 2.24) is 0 Å². The first kappa shape index (κ1) is 12.6. The molecule has 2 aromatic carbocycles. The van der Waals surface area contributed by atoms with Crippen molar-refractivity contribution in [2.24, 2.45) is 0 Å². The SMILES string of the molecule is Cc1ccc(NCc2ccc(F)c(C)c2)cc1C. The highest BCUT2D eigenvalue weighted by Gasteiger charge is 2.00. The summed E-state index contributed by atoms with van der Waals surface area (Å²) < 4.78 is 13.1. The molecule has 2 aromatic rings. The maximum absolute atomic E-state index is 13.1. The first-order valence-electron chi connectivity index (χ1n) is 6.12. The molecular weight excluding hydrogens is 225 g/mol. The molecule has 0 aromatic heterocycles. The Morgan fingerprint density at radius 3 is 2.33 bits per heavy atom. The van der Waals surface area contributed by atoms with Crippen LogP contribution >= 0.6 is 0 Å². The van der Waals surface area contributed by atoms with E-state index in [-0.39, 0.29) is 5.82 Å². The van der Waals surface area contributed by atoms with E-state index in [9.17, 15) is 4.39 Å². The normalized spacial score (nSPS) is 10.4. The van der Waals surface area contributed by atoms with Crippen molar-refractivity contribution >= 4 is 5.69 Å². The summed E-state index contributed by atoms with van der Waals surface area (Å²) in [5, 5.41) is 3.35. The molecule has 0 atom stereocenters. The highest BCUT2D eigenvalue weighted by molar-refractivity contribution is 5.48. The number of hydrogen-bond donors (Lipinski definition) is 1. The molecule has 0 saturated heterocycles. The van der Waals surface area contributed by atoms with Crippen LogP contribution in [0.15, 0.2) is 36.4 Å². The van der Waals surface area contributed by atoms with Gasteiger partial charge in [0.2, 0.25) is 0 Å². The van der Waals surface area contributed by atoms with E-state index in [4.69, 9.17) is 0 Å². The van der Waals surface area contributed by atoms with Crippen LogP contribution in [0, 0.1) is 26.6 Å². The third kappa shape index (κ3) is 2.89. The molecule has 1 N–H and O–H groups in total. The van der Waals surface area contributed by atoms with Gasteiger partial charge in [-0.15, -0.1) is 0 Å². The van der Waals surface area contributed by atoms with E-state index in [1.54, 1.807) is 6.92 Å². The van der Waals surface area contributed by atoms with Gasteiger partial charge < -0.3 is 5.32 Å². The lowest BCUT2D eigenvalue weighted by Crippen LogP contribution is -2.00. The molecule has 1 nitrogen and oxygen atoms in total. The van der Waals surface area contributed by atoms with Crippen LogP contribution in [0.3, 0.4) is 0 Å². The highest BCUT2D eigenvalue weighted by atomic mass is 19.1. The first-order valence-corrected chi connectivity index (χ1v) is 6.12. The van der Waals surface area contributed by atoms with E-state index >= 15 is 0 Å². The Labute approximate surface area is 108 Å². The van der Waals surface area contributed by atoms with Gasteiger partial charge in [-0.2, -0.15) is 0 Å². The maximum atomic E-state index is 13.1. The van der Waals surface area contributed by atoms with Crippen LogP contribution < -0.4 is 5.32 Å². The lowest BCUT2D eigenvalue weighted by molar-refractivity contribution is 0.617. The third-order valence-corrected chi connectivity index (χ3v) is 3.23. The molecule has 0 aliphatic rings. The summed E-state index contributed by atoms with van der Waals surface area (Å²) in [7, 11) is 0. The fourth-order valence-corrected chi connectivity index (χ4v) is 1.87.